The number of anilines is 3. The van der Waals surface area contributed by atoms with Crippen LogP contribution in [0, 0.1) is 23.7 Å². The lowest BCUT2D eigenvalue weighted by Gasteiger charge is -2.50. The standard InChI is InChI=1S/C46H38ClN5O5/c1-50(2)32-17-13-30(14-18-32)48-49-31-15-19-33(20-16-31)51-42(54)37-24-23-36-38(40(37)44(51)56)26-39-43(55)52(34-10-6-9-29(47)25-34)45(57)46(39,28-7-4-3-5-8-28)41(36)27-11-21-35(53)22-12-27/h3-23,25,37-41,53H,24,26H2,1-2H3. The molecule has 2 heterocycles. The van der Waals surface area contributed by atoms with Gasteiger partial charge >= 0.3 is 0 Å². The summed E-state index contributed by atoms with van der Waals surface area (Å²) in [5.41, 5.74) is 3.94. The minimum Gasteiger partial charge on any atom is -0.508 e. The number of benzene rings is 5. The van der Waals surface area contributed by atoms with Gasteiger partial charge in [0.05, 0.1) is 45.9 Å². The second kappa shape index (κ2) is 14.0. The lowest BCUT2D eigenvalue weighted by molar-refractivity contribution is -0.127. The van der Waals surface area contributed by atoms with E-state index in [1.807, 2.05) is 79.7 Å². The molecule has 2 saturated heterocycles. The summed E-state index contributed by atoms with van der Waals surface area (Å²) in [4.78, 5) is 63.7. The Morgan fingerprint density at radius 2 is 1.37 bits per heavy atom. The third kappa shape index (κ3) is 5.77. The van der Waals surface area contributed by atoms with Crippen LogP contribution in [0.25, 0.3) is 0 Å². The Morgan fingerprint density at radius 3 is 2.02 bits per heavy atom. The number of amides is 4. The van der Waals surface area contributed by atoms with Crippen molar-refractivity contribution in [2.45, 2.75) is 24.2 Å². The molecule has 2 aliphatic heterocycles. The molecule has 6 atom stereocenters. The van der Waals surface area contributed by atoms with Crippen molar-refractivity contribution in [3.63, 3.8) is 0 Å². The first-order valence-electron chi connectivity index (χ1n) is 18.9. The van der Waals surface area contributed by atoms with Gasteiger partial charge in [0.2, 0.25) is 23.6 Å². The van der Waals surface area contributed by atoms with Crippen LogP contribution in [0.1, 0.15) is 29.9 Å². The summed E-state index contributed by atoms with van der Waals surface area (Å²) in [5.74, 6) is -4.83. The van der Waals surface area contributed by atoms with Gasteiger partial charge in [0.15, 0.2) is 0 Å². The Bertz CT molecular complexity index is 2490. The molecule has 0 spiro atoms. The van der Waals surface area contributed by atoms with E-state index in [-0.39, 0.29) is 35.8 Å². The zero-order valence-corrected chi connectivity index (χ0v) is 32.0. The highest BCUT2D eigenvalue weighted by Gasteiger charge is 2.70. The molecule has 0 aromatic heterocycles. The monoisotopic (exact) mass is 775 g/mol. The second-order valence-corrected chi connectivity index (χ2v) is 15.8. The molecule has 6 unspecified atom stereocenters. The van der Waals surface area contributed by atoms with Gasteiger partial charge in [-0.15, -0.1) is 0 Å². The van der Waals surface area contributed by atoms with Crippen LogP contribution in [0.15, 0.2) is 149 Å². The highest BCUT2D eigenvalue weighted by Crippen LogP contribution is 2.64. The summed E-state index contributed by atoms with van der Waals surface area (Å²) in [6, 6.07) is 37.3. The maximum atomic E-state index is 15.3. The number of azo groups is 1. The predicted octanol–water partition coefficient (Wildman–Crippen LogP) is 8.89. The van der Waals surface area contributed by atoms with Crippen LogP contribution in [0.5, 0.6) is 5.75 Å². The van der Waals surface area contributed by atoms with Crippen molar-refractivity contribution in [1.29, 1.82) is 0 Å². The van der Waals surface area contributed by atoms with Gasteiger partial charge in [-0.05, 0) is 109 Å². The van der Waals surface area contributed by atoms with Crippen molar-refractivity contribution in [1.82, 2.24) is 0 Å². The van der Waals surface area contributed by atoms with E-state index in [9.17, 15) is 19.5 Å². The quantitative estimate of drug-likeness (QED) is 0.100. The molecule has 11 heteroatoms. The summed E-state index contributed by atoms with van der Waals surface area (Å²) >= 11 is 6.41. The van der Waals surface area contributed by atoms with Crippen LogP contribution in [-0.2, 0) is 24.6 Å². The molecule has 284 valence electrons. The number of phenolic OH excluding ortho intramolecular Hbond substituents is 1. The number of rotatable bonds is 7. The Balaban J connectivity index is 1.10. The molecule has 1 saturated carbocycles. The molecule has 57 heavy (non-hydrogen) atoms. The van der Waals surface area contributed by atoms with Crippen LogP contribution in [0.4, 0.5) is 28.4 Å². The fourth-order valence-electron chi connectivity index (χ4n) is 9.64. The Kier molecular flexibility index (Phi) is 8.89. The van der Waals surface area contributed by atoms with Gasteiger partial charge in [-0.2, -0.15) is 10.2 Å². The lowest BCUT2D eigenvalue weighted by atomic mass is 9.49. The number of hydrogen-bond donors (Lipinski definition) is 1. The fraction of sp³-hybridized carbons (Fsp3) is 0.217. The highest BCUT2D eigenvalue weighted by molar-refractivity contribution is 6.32. The van der Waals surface area contributed by atoms with Gasteiger partial charge in [0.25, 0.3) is 0 Å². The molecule has 4 aliphatic rings. The molecule has 10 nitrogen and oxygen atoms in total. The number of fused-ring (bicyclic) bond motifs is 4. The van der Waals surface area contributed by atoms with Crippen LogP contribution >= 0.6 is 11.6 Å². The predicted molar refractivity (Wildman–Crippen MR) is 218 cm³/mol. The molecule has 0 bridgehead atoms. The molecule has 5 aromatic carbocycles. The van der Waals surface area contributed by atoms with E-state index in [4.69, 9.17) is 11.6 Å². The number of carbonyl (C=O) groups is 4. The topological polar surface area (TPSA) is 123 Å². The number of aromatic hydroxyl groups is 1. The normalized spacial score (nSPS) is 25.4. The summed E-state index contributed by atoms with van der Waals surface area (Å²) < 4.78 is 0. The third-order valence-corrected chi connectivity index (χ3v) is 12.4. The molecule has 2 aliphatic carbocycles. The van der Waals surface area contributed by atoms with Gasteiger partial charge < -0.3 is 10.0 Å². The highest BCUT2D eigenvalue weighted by atomic mass is 35.5. The maximum absolute atomic E-state index is 15.3. The third-order valence-electron chi connectivity index (χ3n) is 12.1. The van der Waals surface area contributed by atoms with Crippen molar-refractivity contribution in [3.05, 3.63) is 155 Å². The molecule has 1 N–H and O–H groups in total. The zero-order chi connectivity index (χ0) is 39.6. The van der Waals surface area contributed by atoms with E-state index in [2.05, 4.69) is 10.2 Å². The molecule has 4 amide bonds. The van der Waals surface area contributed by atoms with Crippen molar-refractivity contribution in [2.24, 2.45) is 33.9 Å². The van der Waals surface area contributed by atoms with E-state index in [1.165, 1.54) is 9.80 Å². The van der Waals surface area contributed by atoms with E-state index in [1.54, 1.807) is 72.8 Å². The first kappa shape index (κ1) is 36.3. The lowest BCUT2D eigenvalue weighted by Crippen LogP contribution is -2.53. The number of phenols is 1. The maximum Gasteiger partial charge on any atom is 0.246 e. The molecule has 5 aromatic rings. The van der Waals surface area contributed by atoms with Gasteiger partial charge in [0.1, 0.15) is 5.75 Å². The average Bonchev–Trinajstić information content (AvgIpc) is 3.61. The summed E-state index contributed by atoms with van der Waals surface area (Å²) in [6.45, 7) is 0. The molecule has 0 radical (unpaired) electrons. The second-order valence-electron chi connectivity index (χ2n) is 15.3. The molecular weight excluding hydrogens is 738 g/mol. The van der Waals surface area contributed by atoms with Crippen LogP contribution in [0.2, 0.25) is 5.02 Å². The van der Waals surface area contributed by atoms with Gasteiger partial charge in [0, 0.05) is 30.7 Å². The van der Waals surface area contributed by atoms with Crippen molar-refractivity contribution < 1.29 is 24.3 Å². The number of nitrogens with zero attached hydrogens (tertiary/aromatic N) is 5. The Hall–Kier alpha value is -6.39. The van der Waals surface area contributed by atoms with Gasteiger partial charge in [-0.25, -0.2) is 4.90 Å². The molecule has 3 fully saturated rings. The summed E-state index contributed by atoms with van der Waals surface area (Å²) in [5, 5.41) is 19.4. The van der Waals surface area contributed by atoms with E-state index < -0.39 is 35.0 Å². The van der Waals surface area contributed by atoms with E-state index in [0.717, 1.165) is 16.8 Å². The number of halogens is 1. The minimum atomic E-state index is -1.39. The first-order chi connectivity index (χ1) is 27.6. The van der Waals surface area contributed by atoms with E-state index in [0.29, 0.717) is 39.8 Å². The average molecular weight is 776 g/mol. The van der Waals surface area contributed by atoms with Gasteiger partial charge in [-0.1, -0.05) is 71.8 Å². The smallest absolute Gasteiger partial charge is 0.246 e. The number of allylic oxidation sites excluding steroid dienone is 2. The fourth-order valence-corrected chi connectivity index (χ4v) is 9.83. The Labute approximate surface area is 334 Å². The van der Waals surface area contributed by atoms with Crippen LogP contribution in [-0.4, -0.2) is 42.8 Å². The number of imide groups is 2. The minimum absolute atomic E-state index is 0.0573. The number of hydrogen-bond acceptors (Lipinski definition) is 8. The van der Waals surface area contributed by atoms with Crippen LogP contribution in [0.3, 0.4) is 0 Å². The molecule has 9 rings (SSSR count). The summed E-state index contributed by atoms with van der Waals surface area (Å²) in [7, 11) is 3.93. The van der Waals surface area contributed by atoms with Crippen molar-refractivity contribution in [2.75, 3.05) is 28.8 Å². The SMILES string of the molecule is CN(C)c1ccc(N=Nc2ccc(N3C(=O)C4CC=C5C(CC6C(=O)N(c7cccc(Cl)c7)C(=O)C6(c6ccccc6)C5c5ccc(O)cc5)C4C3=O)cc2)cc1. The van der Waals surface area contributed by atoms with Crippen molar-refractivity contribution in [3.8, 4) is 5.75 Å². The van der Waals surface area contributed by atoms with Gasteiger partial charge in [-0.3, -0.25) is 24.1 Å². The first-order valence-corrected chi connectivity index (χ1v) is 19.3. The van der Waals surface area contributed by atoms with Crippen LogP contribution < -0.4 is 14.7 Å². The summed E-state index contributed by atoms with van der Waals surface area (Å²) in [6.07, 6.45) is 2.49. The Morgan fingerprint density at radius 1 is 0.702 bits per heavy atom. The number of carbonyl (C=O) groups excluding carboxylic acids is 4. The largest absolute Gasteiger partial charge is 0.508 e. The van der Waals surface area contributed by atoms with Crippen molar-refractivity contribution >= 4 is 63.7 Å². The van der Waals surface area contributed by atoms with E-state index >= 15 is 4.79 Å². The molecular formula is C46H38ClN5O5. The zero-order valence-electron chi connectivity index (χ0n) is 31.2.